The molecule has 4 aromatic rings. The zero-order valence-corrected chi connectivity index (χ0v) is 19.8. The first-order valence-corrected chi connectivity index (χ1v) is 12.6. The molecule has 0 spiro atoms. The number of hydrogen-bond donors (Lipinski definition) is 2. The van der Waals surface area contributed by atoms with Crippen LogP contribution in [0.15, 0.2) is 64.7 Å². The monoisotopic (exact) mass is 502 g/mol. The molecule has 2 N–H and O–H groups in total. The Labute approximate surface area is 206 Å². The zero-order valence-electron chi connectivity index (χ0n) is 17.3. The molecular weight excluding hydrogens is 488 g/mol. The van der Waals surface area contributed by atoms with E-state index in [1.54, 1.807) is 0 Å². The highest BCUT2D eigenvalue weighted by Crippen LogP contribution is 2.45. The Morgan fingerprint density at radius 1 is 1.15 bits per heavy atom. The van der Waals surface area contributed by atoms with Crippen LogP contribution in [0.1, 0.15) is 26.9 Å². The number of anilines is 1. The number of ether oxygens (including phenoxy) is 1. The average Bonchev–Trinajstić information content (AvgIpc) is 3.58. The van der Waals surface area contributed by atoms with Crippen molar-refractivity contribution in [3.63, 3.8) is 0 Å². The number of allylic oxidation sites excluding steroid dienone is 1. The van der Waals surface area contributed by atoms with Gasteiger partial charge in [0.2, 0.25) is 11.8 Å². The van der Waals surface area contributed by atoms with E-state index in [0.717, 1.165) is 16.0 Å². The molecular formula is C24H14N4O3S3. The second-order valence-electron chi connectivity index (χ2n) is 7.22. The molecule has 34 heavy (non-hydrogen) atoms. The van der Waals surface area contributed by atoms with Gasteiger partial charge in [-0.25, -0.2) is 4.98 Å². The molecule has 0 radical (unpaired) electrons. The van der Waals surface area contributed by atoms with E-state index in [2.05, 4.69) is 16.4 Å². The van der Waals surface area contributed by atoms with E-state index in [-0.39, 0.29) is 23.8 Å². The van der Waals surface area contributed by atoms with Crippen molar-refractivity contribution in [3.05, 3.63) is 85.8 Å². The summed E-state index contributed by atoms with van der Waals surface area (Å²) in [5, 5.41) is 37.1. The predicted octanol–water partition coefficient (Wildman–Crippen LogP) is 5.80. The third kappa shape index (κ3) is 3.95. The van der Waals surface area contributed by atoms with Crippen LogP contribution in [0.4, 0.5) is 5.00 Å². The molecule has 1 aliphatic rings. The van der Waals surface area contributed by atoms with Gasteiger partial charge in [-0.3, -0.25) is 4.79 Å². The fourth-order valence-electron chi connectivity index (χ4n) is 3.65. The van der Waals surface area contributed by atoms with Crippen LogP contribution in [0.25, 0.3) is 10.4 Å². The van der Waals surface area contributed by atoms with Gasteiger partial charge in [0.05, 0.1) is 22.8 Å². The molecule has 0 saturated carbocycles. The Balaban J connectivity index is 1.39. The maximum Gasteiger partial charge on any atom is 0.298 e. The van der Waals surface area contributed by atoms with Gasteiger partial charge in [-0.1, -0.05) is 36.4 Å². The number of amides is 1. The number of carbonyl (C=O) groups is 1. The molecule has 4 heterocycles. The molecule has 166 valence electrons. The lowest BCUT2D eigenvalue weighted by Gasteiger charge is -2.21. The van der Waals surface area contributed by atoms with Crippen LogP contribution in [0.2, 0.25) is 0 Å². The largest absolute Gasteiger partial charge is 0.480 e. The van der Waals surface area contributed by atoms with E-state index in [1.807, 2.05) is 59.3 Å². The highest BCUT2D eigenvalue weighted by Gasteiger charge is 2.35. The standard InChI is InChI=1S/C24H14N4O3S3/c25-10-14-16(17-7-4-8-32-17)12-33-23(14)27-18(29)9-19-28-22-21(34-19)20(13-5-2-1-3-6-13)15(11-26)24(30)31-22/h1-8,12,20,30H,9H2,(H,27,29). The van der Waals surface area contributed by atoms with Gasteiger partial charge in [-0.15, -0.1) is 34.0 Å². The van der Waals surface area contributed by atoms with E-state index < -0.39 is 11.9 Å². The molecule has 0 fully saturated rings. The summed E-state index contributed by atoms with van der Waals surface area (Å²) in [5.74, 6) is -1.15. The smallest absolute Gasteiger partial charge is 0.298 e. The second kappa shape index (κ2) is 9.12. The molecule has 10 heteroatoms. The average molecular weight is 503 g/mol. The number of hydrogen-bond acceptors (Lipinski definition) is 9. The number of aromatic nitrogens is 1. The van der Waals surface area contributed by atoms with Crippen molar-refractivity contribution in [2.75, 3.05) is 5.32 Å². The first-order valence-electron chi connectivity index (χ1n) is 10.00. The number of nitrogens with zero attached hydrogens (tertiary/aromatic N) is 3. The molecule has 1 unspecified atom stereocenters. The number of fused-ring (bicyclic) bond motifs is 1. The summed E-state index contributed by atoms with van der Waals surface area (Å²) in [6.07, 6.45) is -0.0394. The van der Waals surface area contributed by atoms with E-state index in [4.69, 9.17) is 4.74 Å². The summed E-state index contributed by atoms with van der Waals surface area (Å²) in [4.78, 5) is 18.8. The van der Waals surface area contributed by atoms with Crippen molar-refractivity contribution >= 4 is 44.9 Å². The number of thiophene rings is 2. The topological polar surface area (TPSA) is 119 Å². The van der Waals surface area contributed by atoms with Crippen LogP contribution in [0.3, 0.4) is 0 Å². The molecule has 0 bridgehead atoms. The molecule has 0 aliphatic carbocycles. The minimum absolute atomic E-state index is 0.0394. The van der Waals surface area contributed by atoms with Crippen molar-refractivity contribution < 1.29 is 14.6 Å². The third-order valence-corrected chi connectivity index (χ3v) is 8.05. The highest BCUT2D eigenvalue weighted by molar-refractivity contribution is 7.17. The van der Waals surface area contributed by atoms with E-state index in [1.165, 1.54) is 34.0 Å². The van der Waals surface area contributed by atoms with Gasteiger partial charge < -0.3 is 15.2 Å². The first-order chi connectivity index (χ1) is 16.6. The molecule has 1 aliphatic heterocycles. The van der Waals surface area contributed by atoms with Crippen LogP contribution in [0, 0.1) is 22.7 Å². The number of aliphatic hydroxyl groups excluding tert-OH is 1. The van der Waals surface area contributed by atoms with Gasteiger partial charge in [0.15, 0.2) is 0 Å². The van der Waals surface area contributed by atoms with Crippen LogP contribution >= 0.6 is 34.0 Å². The van der Waals surface area contributed by atoms with Crippen molar-refractivity contribution in [3.8, 4) is 28.5 Å². The molecule has 3 aromatic heterocycles. The van der Waals surface area contributed by atoms with Gasteiger partial charge in [0.25, 0.3) is 5.95 Å². The lowest BCUT2D eigenvalue weighted by atomic mass is 9.90. The van der Waals surface area contributed by atoms with Gasteiger partial charge >= 0.3 is 0 Å². The molecule has 1 amide bonds. The van der Waals surface area contributed by atoms with Crippen molar-refractivity contribution in [2.24, 2.45) is 0 Å². The van der Waals surface area contributed by atoms with E-state index >= 15 is 0 Å². The Kier molecular flexibility index (Phi) is 5.86. The third-order valence-electron chi connectivity index (χ3n) is 5.15. The number of rotatable bonds is 5. The zero-order chi connectivity index (χ0) is 23.7. The number of nitriles is 2. The lowest BCUT2D eigenvalue weighted by molar-refractivity contribution is -0.115. The highest BCUT2D eigenvalue weighted by atomic mass is 32.1. The fourth-order valence-corrected chi connectivity index (χ4v) is 6.53. The Hall–Kier alpha value is -3.96. The number of nitrogens with one attached hydrogen (secondary N) is 1. The van der Waals surface area contributed by atoms with Crippen molar-refractivity contribution in [2.45, 2.75) is 12.3 Å². The summed E-state index contributed by atoms with van der Waals surface area (Å²) >= 11 is 4.09. The minimum atomic E-state index is -0.528. The summed E-state index contributed by atoms with van der Waals surface area (Å²) in [6.45, 7) is 0. The van der Waals surface area contributed by atoms with Gasteiger partial charge in [-0.05, 0) is 17.0 Å². The number of benzene rings is 1. The normalized spacial score (nSPS) is 14.6. The molecule has 1 atom stereocenters. The quantitative estimate of drug-likeness (QED) is 0.356. The van der Waals surface area contributed by atoms with Crippen molar-refractivity contribution in [1.29, 1.82) is 10.5 Å². The predicted molar refractivity (Wildman–Crippen MR) is 131 cm³/mol. The molecule has 0 saturated heterocycles. The van der Waals surface area contributed by atoms with Crippen LogP contribution in [-0.2, 0) is 11.2 Å². The van der Waals surface area contributed by atoms with Crippen molar-refractivity contribution in [1.82, 2.24) is 4.98 Å². The Morgan fingerprint density at radius 3 is 2.68 bits per heavy atom. The number of aliphatic hydroxyl groups is 1. The van der Waals surface area contributed by atoms with Crippen LogP contribution in [-0.4, -0.2) is 16.0 Å². The number of carbonyl (C=O) groups excluding carboxylic acids is 1. The second-order valence-corrected chi connectivity index (χ2v) is 10.2. The Bertz CT molecular complexity index is 1490. The van der Waals surface area contributed by atoms with E-state index in [9.17, 15) is 20.4 Å². The van der Waals surface area contributed by atoms with Crippen LogP contribution in [0.5, 0.6) is 5.88 Å². The van der Waals surface area contributed by atoms with Gasteiger partial charge in [0, 0.05) is 15.8 Å². The minimum Gasteiger partial charge on any atom is -0.480 e. The summed E-state index contributed by atoms with van der Waals surface area (Å²) < 4.78 is 5.39. The fraction of sp³-hybridized carbons (Fsp3) is 0.0833. The maximum atomic E-state index is 12.8. The summed E-state index contributed by atoms with van der Waals surface area (Å²) in [6, 6.07) is 17.4. The maximum absolute atomic E-state index is 12.8. The van der Waals surface area contributed by atoms with Crippen LogP contribution < -0.4 is 10.1 Å². The molecule has 1 aromatic carbocycles. The van der Waals surface area contributed by atoms with E-state index in [0.29, 0.717) is 20.4 Å². The summed E-state index contributed by atoms with van der Waals surface area (Å²) in [5.41, 5.74) is 2.14. The molecule has 7 nitrogen and oxygen atoms in total. The lowest BCUT2D eigenvalue weighted by Crippen LogP contribution is -2.15. The summed E-state index contributed by atoms with van der Waals surface area (Å²) in [7, 11) is 0. The SMILES string of the molecule is N#CC1=C(O)Oc2nc(CC(=O)Nc3scc(-c4cccs4)c3C#N)sc2C1c1ccccc1. The first kappa shape index (κ1) is 21.9. The van der Waals surface area contributed by atoms with Gasteiger partial charge in [0.1, 0.15) is 27.7 Å². The molecule has 5 rings (SSSR count). The Morgan fingerprint density at radius 2 is 1.97 bits per heavy atom. The number of thiazole rings is 1. The van der Waals surface area contributed by atoms with Gasteiger partial charge in [-0.2, -0.15) is 10.5 Å².